The Morgan fingerprint density at radius 3 is 2.46 bits per heavy atom. The van der Waals surface area contributed by atoms with Gasteiger partial charge < -0.3 is 9.47 Å². The van der Waals surface area contributed by atoms with Gasteiger partial charge in [0.05, 0.1) is 33.1 Å². The van der Waals surface area contributed by atoms with Gasteiger partial charge in [0.2, 0.25) is 0 Å². The van der Waals surface area contributed by atoms with E-state index in [1.54, 1.807) is 19.1 Å². The summed E-state index contributed by atoms with van der Waals surface area (Å²) in [5.74, 6) is -1.24. The number of ether oxygens (including phenoxy) is 2. The van der Waals surface area contributed by atoms with Crippen LogP contribution in [0.15, 0.2) is 35.9 Å². The van der Waals surface area contributed by atoms with Crippen LogP contribution in [0.4, 0.5) is 23.7 Å². The highest BCUT2D eigenvalue weighted by Gasteiger charge is 2.39. The Morgan fingerprint density at radius 1 is 1.11 bits per heavy atom. The van der Waals surface area contributed by atoms with Crippen LogP contribution in [0, 0.1) is 3.57 Å². The smallest absolute Gasteiger partial charge is 0.416 e. The number of halogens is 5. The molecule has 1 fully saturated rings. The van der Waals surface area contributed by atoms with Gasteiger partial charge in [0, 0.05) is 0 Å². The number of alkyl halides is 3. The summed E-state index contributed by atoms with van der Waals surface area (Å²) in [5, 5.41) is 1.69. The van der Waals surface area contributed by atoms with E-state index in [1.807, 2.05) is 34.8 Å². The van der Waals surface area contributed by atoms with Crippen molar-refractivity contribution in [1.82, 2.24) is 5.32 Å². The number of barbiturate groups is 1. The second-order valence-electron chi connectivity index (χ2n) is 7.23. The van der Waals surface area contributed by atoms with Crippen molar-refractivity contribution in [1.29, 1.82) is 0 Å². The van der Waals surface area contributed by atoms with E-state index in [2.05, 4.69) is 0 Å². The average Bonchev–Trinajstić information content (AvgIpc) is 2.76. The Bertz CT molecular complexity index is 1220. The molecule has 2 aromatic rings. The molecular formula is C23H19ClF3IN2O5. The molecule has 35 heavy (non-hydrogen) atoms. The summed E-state index contributed by atoms with van der Waals surface area (Å²) in [5.41, 5.74) is -1.71. The lowest BCUT2D eigenvalue weighted by molar-refractivity contribution is -0.137. The van der Waals surface area contributed by atoms with E-state index in [0.29, 0.717) is 44.8 Å². The minimum absolute atomic E-state index is 0.277. The molecule has 4 amide bonds. The predicted octanol–water partition coefficient (Wildman–Crippen LogP) is 5.82. The fourth-order valence-corrected chi connectivity index (χ4v) is 4.16. The van der Waals surface area contributed by atoms with Gasteiger partial charge in [-0.05, 0) is 77.9 Å². The molecule has 1 aliphatic rings. The van der Waals surface area contributed by atoms with Gasteiger partial charge in [0.1, 0.15) is 5.57 Å². The molecule has 0 atom stereocenters. The second kappa shape index (κ2) is 10.9. The van der Waals surface area contributed by atoms with Gasteiger partial charge in [-0.1, -0.05) is 18.5 Å². The summed E-state index contributed by atoms with van der Waals surface area (Å²) >= 11 is 8.03. The summed E-state index contributed by atoms with van der Waals surface area (Å²) in [4.78, 5) is 38.5. The molecule has 0 aromatic heterocycles. The van der Waals surface area contributed by atoms with Crippen LogP contribution in [0.25, 0.3) is 6.08 Å². The summed E-state index contributed by atoms with van der Waals surface area (Å²) in [6, 6.07) is 4.20. The zero-order valence-electron chi connectivity index (χ0n) is 18.5. The molecular weight excluding hydrogens is 604 g/mol. The molecule has 12 heteroatoms. The highest BCUT2D eigenvalue weighted by Crippen LogP contribution is 2.38. The molecule has 1 aliphatic heterocycles. The zero-order chi connectivity index (χ0) is 25.9. The lowest BCUT2D eigenvalue weighted by atomic mass is 10.1. The van der Waals surface area contributed by atoms with Crippen molar-refractivity contribution in [3.8, 4) is 11.5 Å². The van der Waals surface area contributed by atoms with Crippen LogP contribution >= 0.6 is 34.2 Å². The van der Waals surface area contributed by atoms with Crippen molar-refractivity contribution >= 4 is 63.8 Å². The first-order valence-electron chi connectivity index (χ1n) is 10.3. The number of hydrogen-bond acceptors (Lipinski definition) is 5. The largest absolute Gasteiger partial charge is 0.490 e. The number of nitrogens with one attached hydrogen (secondary N) is 1. The monoisotopic (exact) mass is 622 g/mol. The number of hydrogen-bond donors (Lipinski definition) is 1. The highest BCUT2D eigenvalue weighted by atomic mass is 127. The third-order valence-electron chi connectivity index (χ3n) is 4.71. The third-order valence-corrected chi connectivity index (χ3v) is 5.83. The van der Waals surface area contributed by atoms with Crippen molar-refractivity contribution in [2.75, 3.05) is 18.1 Å². The molecule has 1 saturated heterocycles. The van der Waals surface area contributed by atoms with Crippen LogP contribution in [0.2, 0.25) is 5.02 Å². The second-order valence-corrected chi connectivity index (χ2v) is 8.80. The summed E-state index contributed by atoms with van der Waals surface area (Å²) < 4.78 is 51.6. The van der Waals surface area contributed by atoms with E-state index < -0.39 is 40.8 Å². The quantitative estimate of drug-likeness (QED) is 0.239. The van der Waals surface area contributed by atoms with Gasteiger partial charge in [-0.2, -0.15) is 13.2 Å². The van der Waals surface area contributed by atoms with Crippen molar-refractivity contribution in [2.24, 2.45) is 0 Å². The molecule has 0 aliphatic carbocycles. The Labute approximate surface area is 217 Å². The third kappa shape index (κ3) is 5.89. The molecule has 1 N–H and O–H groups in total. The van der Waals surface area contributed by atoms with Crippen molar-refractivity contribution in [3.05, 3.63) is 55.6 Å². The number of urea groups is 1. The molecule has 0 radical (unpaired) electrons. The zero-order valence-corrected chi connectivity index (χ0v) is 21.4. The van der Waals surface area contributed by atoms with E-state index in [0.717, 1.165) is 18.6 Å². The molecule has 2 aromatic carbocycles. The molecule has 0 saturated carbocycles. The van der Waals surface area contributed by atoms with Crippen LogP contribution in [0.5, 0.6) is 11.5 Å². The fraction of sp³-hybridized carbons (Fsp3) is 0.261. The molecule has 0 unspecified atom stereocenters. The standard InChI is InChI=1S/C23H19ClF3IN2O5/c1-3-7-35-19-16(28)9-12(10-18(19)34-4-2)8-14-20(31)29-22(33)30(21(14)32)17-11-13(23(25,26)27)5-6-15(17)24/h5-6,8-11H,3-4,7H2,1-2H3,(H,29,31,33)/b14-8+. The first kappa shape index (κ1) is 26.8. The van der Waals surface area contributed by atoms with E-state index in [1.165, 1.54) is 6.08 Å². The molecule has 7 nitrogen and oxygen atoms in total. The number of anilines is 1. The molecule has 3 rings (SSSR count). The predicted molar refractivity (Wildman–Crippen MR) is 132 cm³/mol. The topological polar surface area (TPSA) is 84.9 Å². The van der Waals surface area contributed by atoms with Gasteiger partial charge in [0.25, 0.3) is 11.8 Å². The van der Waals surface area contributed by atoms with Crippen molar-refractivity contribution in [3.63, 3.8) is 0 Å². The van der Waals surface area contributed by atoms with Crippen LogP contribution in [0.1, 0.15) is 31.4 Å². The normalized spacial score (nSPS) is 15.5. The molecule has 0 bridgehead atoms. The van der Waals surface area contributed by atoms with Gasteiger partial charge in [0.15, 0.2) is 11.5 Å². The molecule has 1 heterocycles. The Kier molecular flexibility index (Phi) is 8.31. The van der Waals surface area contributed by atoms with Crippen molar-refractivity contribution in [2.45, 2.75) is 26.4 Å². The van der Waals surface area contributed by atoms with Gasteiger partial charge in [-0.3, -0.25) is 14.9 Å². The van der Waals surface area contributed by atoms with Crippen LogP contribution < -0.4 is 19.7 Å². The van der Waals surface area contributed by atoms with Gasteiger partial charge in [-0.25, -0.2) is 9.69 Å². The van der Waals surface area contributed by atoms with Crippen LogP contribution in [-0.2, 0) is 15.8 Å². The first-order chi connectivity index (χ1) is 16.5. The summed E-state index contributed by atoms with van der Waals surface area (Å²) in [7, 11) is 0. The maximum Gasteiger partial charge on any atom is 0.416 e. The van der Waals surface area contributed by atoms with E-state index in [4.69, 9.17) is 21.1 Å². The minimum Gasteiger partial charge on any atom is -0.490 e. The number of imide groups is 2. The Balaban J connectivity index is 2.07. The summed E-state index contributed by atoms with van der Waals surface area (Å²) in [6.07, 6.45) is -2.76. The van der Waals surface area contributed by atoms with Gasteiger partial charge >= 0.3 is 12.2 Å². The number of rotatable bonds is 7. The maximum atomic E-state index is 13.2. The average molecular weight is 623 g/mol. The van der Waals surface area contributed by atoms with Crippen LogP contribution in [-0.4, -0.2) is 31.1 Å². The van der Waals surface area contributed by atoms with Crippen molar-refractivity contribution < 1.29 is 37.0 Å². The summed E-state index contributed by atoms with van der Waals surface area (Å²) in [6.45, 7) is 4.51. The number of benzene rings is 2. The lowest BCUT2D eigenvalue weighted by Gasteiger charge is -2.27. The highest BCUT2D eigenvalue weighted by molar-refractivity contribution is 14.1. The Hall–Kier alpha value is -2.80. The number of nitrogens with zero attached hydrogens (tertiary/aromatic N) is 1. The SMILES string of the molecule is CCCOc1c(I)cc(/C=C2\C(=O)NC(=O)N(c3cc(C(F)(F)F)ccc3Cl)C2=O)cc1OCC. The van der Waals surface area contributed by atoms with E-state index >= 15 is 0 Å². The number of carbonyl (C=O) groups is 3. The maximum absolute atomic E-state index is 13.2. The van der Waals surface area contributed by atoms with E-state index in [-0.39, 0.29) is 5.02 Å². The lowest BCUT2D eigenvalue weighted by Crippen LogP contribution is -2.54. The minimum atomic E-state index is -4.74. The fourth-order valence-electron chi connectivity index (χ4n) is 3.18. The number of carbonyl (C=O) groups excluding carboxylic acids is 3. The molecule has 186 valence electrons. The first-order valence-corrected chi connectivity index (χ1v) is 11.8. The van der Waals surface area contributed by atoms with Crippen LogP contribution in [0.3, 0.4) is 0 Å². The molecule has 0 spiro atoms. The Morgan fingerprint density at radius 2 is 1.83 bits per heavy atom. The van der Waals surface area contributed by atoms with E-state index in [9.17, 15) is 27.6 Å². The van der Waals surface area contributed by atoms with Gasteiger partial charge in [-0.15, -0.1) is 0 Å². The number of amides is 4.